The molecule has 1 aliphatic heterocycles. The van der Waals surface area contributed by atoms with E-state index >= 15 is 0 Å². The number of nitrogens with zero attached hydrogens (tertiary/aromatic N) is 7. The molecule has 1 aliphatic rings. The number of aromatic nitrogens is 7. The van der Waals surface area contributed by atoms with Gasteiger partial charge in [-0.1, -0.05) is 6.07 Å². The smallest absolute Gasteiger partial charge is 0.161 e. The van der Waals surface area contributed by atoms with Gasteiger partial charge in [0.1, 0.15) is 17.4 Å². The molecule has 0 unspecified atom stereocenters. The molecule has 6 rings (SSSR count). The maximum Gasteiger partial charge on any atom is 0.161 e. The second-order valence-electron chi connectivity index (χ2n) is 7.84. The van der Waals surface area contributed by atoms with E-state index in [2.05, 4.69) is 60.2 Å². The van der Waals surface area contributed by atoms with E-state index in [1.165, 1.54) is 6.33 Å². The van der Waals surface area contributed by atoms with Crippen LogP contribution in [0.5, 0.6) is 0 Å². The zero-order chi connectivity index (χ0) is 20.8. The van der Waals surface area contributed by atoms with Crippen LogP contribution in [0.25, 0.3) is 44.8 Å². The van der Waals surface area contributed by atoms with Crippen molar-refractivity contribution in [2.24, 2.45) is 0 Å². The summed E-state index contributed by atoms with van der Waals surface area (Å²) in [6.45, 7) is 4.08. The van der Waals surface area contributed by atoms with Crippen LogP contribution >= 0.6 is 0 Å². The number of hydrogen-bond acceptors (Lipinski definition) is 7. The molecule has 0 bridgehead atoms. The molecule has 1 fully saturated rings. The minimum absolute atomic E-state index is 0.703. The molecule has 1 aromatic carbocycles. The summed E-state index contributed by atoms with van der Waals surface area (Å²) in [4.78, 5) is 26.2. The van der Waals surface area contributed by atoms with Crippen LogP contribution < -0.4 is 4.90 Å². The van der Waals surface area contributed by atoms with Crippen LogP contribution in [0.2, 0.25) is 0 Å². The topological polar surface area (TPSA) is 103 Å². The standard InChI is InChI=1S/C22H21N9/c1-30-7-9-31(10-8-30)18-4-2-3-16-19(18)27-22(26-16)21-20-17(28-29-21)6-5-15(25-20)14-11-23-13-24-12-14/h2-6,11-13H,7-10H2,1H3,(H,26,27)(H,28,29). The Morgan fingerprint density at radius 2 is 1.71 bits per heavy atom. The Balaban J connectivity index is 1.44. The Bertz CT molecular complexity index is 1360. The summed E-state index contributed by atoms with van der Waals surface area (Å²) in [6.07, 6.45) is 5.02. The summed E-state index contributed by atoms with van der Waals surface area (Å²) >= 11 is 0. The minimum atomic E-state index is 0.703. The van der Waals surface area contributed by atoms with Gasteiger partial charge in [0, 0.05) is 44.1 Å². The first-order valence-corrected chi connectivity index (χ1v) is 10.3. The van der Waals surface area contributed by atoms with Crippen LogP contribution in [-0.4, -0.2) is 73.2 Å². The summed E-state index contributed by atoms with van der Waals surface area (Å²) in [5.74, 6) is 0.705. The molecule has 0 aliphatic carbocycles. The molecule has 5 aromatic rings. The Kier molecular flexibility index (Phi) is 4.13. The van der Waals surface area contributed by atoms with Gasteiger partial charge in [0.25, 0.3) is 0 Å². The molecule has 0 amide bonds. The number of imidazole rings is 1. The monoisotopic (exact) mass is 411 g/mol. The Hall–Kier alpha value is -3.85. The fourth-order valence-corrected chi connectivity index (χ4v) is 4.09. The molecule has 9 nitrogen and oxygen atoms in total. The molecular weight excluding hydrogens is 390 g/mol. The van der Waals surface area contributed by atoms with Crippen molar-refractivity contribution in [3.8, 4) is 22.8 Å². The lowest BCUT2D eigenvalue weighted by molar-refractivity contribution is 0.313. The van der Waals surface area contributed by atoms with Crippen molar-refractivity contribution in [2.75, 3.05) is 38.1 Å². The number of H-pyrrole nitrogens is 2. The fourth-order valence-electron chi connectivity index (χ4n) is 4.09. The Morgan fingerprint density at radius 3 is 2.55 bits per heavy atom. The van der Waals surface area contributed by atoms with E-state index in [9.17, 15) is 0 Å². The lowest BCUT2D eigenvalue weighted by atomic mass is 10.2. The van der Waals surface area contributed by atoms with Gasteiger partial charge in [-0.15, -0.1) is 0 Å². The van der Waals surface area contributed by atoms with Crippen molar-refractivity contribution in [3.63, 3.8) is 0 Å². The van der Waals surface area contributed by atoms with Crippen LogP contribution in [0.3, 0.4) is 0 Å². The minimum Gasteiger partial charge on any atom is -0.367 e. The number of hydrogen-bond donors (Lipinski definition) is 2. The normalized spacial score (nSPS) is 15.2. The van der Waals surface area contributed by atoms with Crippen molar-refractivity contribution in [3.05, 3.63) is 49.1 Å². The third-order valence-corrected chi connectivity index (χ3v) is 5.82. The number of anilines is 1. The first-order valence-electron chi connectivity index (χ1n) is 10.3. The van der Waals surface area contributed by atoms with E-state index in [-0.39, 0.29) is 0 Å². The third kappa shape index (κ3) is 3.10. The highest BCUT2D eigenvalue weighted by molar-refractivity contribution is 5.95. The number of fused-ring (bicyclic) bond motifs is 2. The summed E-state index contributed by atoms with van der Waals surface area (Å²) in [6, 6.07) is 10.2. The lowest BCUT2D eigenvalue weighted by Crippen LogP contribution is -2.44. The predicted molar refractivity (Wildman–Crippen MR) is 120 cm³/mol. The number of piperazine rings is 1. The SMILES string of the molecule is CN1CCN(c2cccc3[nH]c(-c4n[nH]c5ccc(-c6cncnc6)nc45)nc23)CC1. The molecule has 154 valence electrons. The van der Waals surface area contributed by atoms with E-state index in [1.54, 1.807) is 12.4 Å². The predicted octanol–water partition coefficient (Wildman–Crippen LogP) is 2.71. The first-order chi connectivity index (χ1) is 15.3. The maximum atomic E-state index is 4.94. The van der Waals surface area contributed by atoms with Crippen molar-refractivity contribution in [1.29, 1.82) is 0 Å². The van der Waals surface area contributed by atoms with Crippen molar-refractivity contribution in [2.45, 2.75) is 0 Å². The lowest BCUT2D eigenvalue weighted by Gasteiger charge is -2.34. The van der Waals surface area contributed by atoms with Gasteiger partial charge >= 0.3 is 0 Å². The van der Waals surface area contributed by atoms with Gasteiger partial charge in [0.05, 0.1) is 22.4 Å². The largest absolute Gasteiger partial charge is 0.367 e. The second kappa shape index (κ2) is 7.13. The van der Waals surface area contributed by atoms with E-state index in [1.807, 2.05) is 12.1 Å². The van der Waals surface area contributed by atoms with Crippen LogP contribution in [0.15, 0.2) is 49.1 Å². The van der Waals surface area contributed by atoms with E-state index in [0.29, 0.717) is 11.5 Å². The third-order valence-electron chi connectivity index (χ3n) is 5.82. The van der Waals surface area contributed by atoms with Gasteiger partial charge in [-0.3, -0.25) is 5.10 Å². The quantitative estimate of drug-likeness (QED) is 0.471. The van der Waals surface area contributed by atoms with E-state index in [0.717, 1.165) is 65.2 Å². The average Bonchev–Trinajstić information content (AvgIpc) is 3.43. The number of nitrogens with one attached hydrogen (secondary N) is 2. The summed E-state index contributed by atoms with van der Waals surface area (Å²) in [7, 11) is 2.16. The molecule has 31 heavy (non-hydrogen) atoms. The molecule has 4 aromatic heterocycles. The van der Waals surface area contributed by atoms with Gasteiger partial charge in [-0.25, -0.2) is 19.9 Å². The summed E-state index contributed by atoms with van der Waals surface area (Å²) in [5.41, 5.74) is 7.10. The fraction of sp³-hybridized carbons (Fsp3) is 0.227. The Morgan fingerprint density at radius 1 is 0.871 bits per heavy atom. The number of pyridine rings is 1. The van der Waals surface area contributed by atoms with E-state index in [4.69, 9.17) is 9.97 Å². The Labute approximate surface area is 178 Å². The molecule has 0 spiro atoms. The maximum absolute atomic E-state index is 4.94. The number of para-hydroxylation sites is 1. The highest BCUT2D eigenvalue weighted by Gasteiger charge is 2.20. The highest BCUT2D eigenvalue weighted by atomic mass is 15.3. The van der Waals surface area contributed by atoms with Gasteiger partial charge in [0.2, 0.25) is 0 Å². The highest BCUT2D eigenvalue weighted by Crippen LogP contribution is 2.31. The summed E-state index contributed by atoms with van der Waals surface area (Å²) < 4.78 is 0. The number of aromatic amines is 2. The van der Waals surface area contributed by atoms with Crippen LogP contribution in [0.1, 0.15) is 0 Å². The number of likely N-dealkylation sites (N-methyl/N-ethyl adjacent to an activating group) is 1. The van der Waals surface area contributed by atoms with Crippen LogP contribution in [0, 0.1) is 0 Å². The molecule has 9 heteroatoms. The van der Waals surface area contributed by atoms with Gasteiger partial charge in [0.15, 0.2) is 11.5 Å². The average molecular weight is 411 g/mol. The first kappa shape index (κ1) is 18.0. The summed E-state index contributed by atoms with van der Waals surface area (Å²) in [5, 5.41) is 7.59. The molecule has 0 saturated carbocycles. The second-order valence-corrected chi connectivity index (χ2v) is 7.84. The van der Waals surface area contributed by atoms with Crippen molar-refractivity contribution >= 4 is 27.8 Å². The van der Waals surface area contributed by atoms with Crippen LogP contribution in [-0.2, 0) is 0 Å². The molecule has 0 radical (unpaired) electrons. The van der Waals surface area contributed by atoms with E-state index < -0.39 is 0 Å². The van der Waals surface area contributed by atoms with Crippen molar-refractivity contribution in [1.82, 2.24) is 40.0 Å². The van der Waals surface area contributed by atoms with Gasteiger partial charge < -0.3 is 14.8 Å². The molecule has 1 saturated heterocycles. The van der Waals surface area contributed by atoms with Crippen molar-refractivity contribution < 1.29 is 0 Å². The molecule has 0 atom stereocenters. The molecular formula is C22H21N9. The number of benzene rings is 1. The number of rotatable bonds is 3. The molecule has 2 N–H and O–H groups in total. The van der Waals surface area contributed by atoms with Crippen LogP contribution in [0.4, 0.5) is 5.69 Å². The van der Waals surface area contributed by atoms with Gasteiger partial charge in [-0.2, -0.15) is 5.10 Å². The molecule has 5 heterocycles. The zero-order valence-corrected chi connectivity index (χ0v) is 17.1. The van der Waals surface area contributed by atoms with Gasteiger partial charge in [-0.05, 0) is 31.3 Å². The zero-order valence-electron chi connectivity index (χ0n) is 17.1.